The Hall–Kier alpha value is -8.58. The molecule has 0 saturated carbocycles. The summed E-state index contributed by atoms with van der Waals surface area (Å²) in [6.07, 6.45) is 1.80. The first-order valence-electron chi connectivity index (χ1n) is 23.8. The van der Waals surface area contributed by atoms with E-state index in [9.17, 15) is 0 Å². The van der Waals surface area contributed by atoms with Crippen molar-refractivity contribution in [2.75, 3.05) is 0 Å². The van der Waals surface area contributed by atoms with Crippen LogP contribution in [0.5, 0.6) is 0 Å². The lowest BCUT2D eigenvalue weighted by Crippen LogP contribution is -1.91. The summed E-state index contributed by atoms with van der Waals surface area (Å²) in [6.45, 7) is 0. The highest BCUT2D eigenvalue weighted by Crippen LogP contribution is 2.47. The molecule has 0 N–H and O–H groups in total. The number of hydrogen-bond acceptors (Lipinski definition) is 0. The first-order chi connectivity index (χ1) is 33.7. The van der Waals surface area contributed by atoms with Gasteiger partial charge in [-0.1, -0.05) is 218 Å². The number of hydrogen-bond donors (Lipinski definition) is 0. The molecule has 0 atom stereocenters. The van der Waals surface area contributed by atoms with Crippen molar-refractivity contribution in [3.05, 3.63) is 299 Å². The molecule has 11 aromatic rings. The van der Waals surface area contributed by atoms with Crippen molar-refractivity contribution in [2.24, 2.45) is 0 Å². The van der Waals surface area contributed by atoms with Gasteiger partial charge in [-0.25, -0.2) is 0 Å². The molecule has 68 heavy (non-hydrogen) atoms. The van der Waals surface area contributed by atoms with Crippen LogP contribution in [0.2, 0.25) is 0 Å². The molecule has 0 unspecified atom stereocenters. The second kappa shape index (κ2) is 16.7. The third-order valence-electron chi connectivity index (χ3n) is 14.4. The maximum atomic E-state index is 2.42. The van der Waals surface area contributed by atoms with Crippen molar-refractivity contribution in [1.29, 1.82) is 0 Å². The lowest BCUT2D eigenvalue weighted by Gasteiger charge is -2.15. The fraction of sp³-hybridized carbons (Fsp3) is 0.0294. The zero-order chi connectivity index (χ0) is 45.0. The van der Waals surface area contributed by atoms with Gasteiger partial charge in [0.25, 0.3) is 0 Å². The summed E-state index contributed by atoms with van der Waals surface area (Å²) in [6, 6.07) is 94.4. The smallest absolute Gasteiger partial charge is 0.000727 e. The van der Waals surface area contributed by atoms with E-state index in [0.29, 0.717) is 0 Å². The third kappa shape index (κ3) is 7.01. The minimum Gasteiger partial charge on any atom is -0.0622 e. The number of fused-ring (bicyclic) bond motifs is 4. The quantitative estimate of drug-likeness (QED) is 0.134. The van der Waals surface area contributed by atoms with Gasteiger partial charge in [0.2, 0.25) is 0 Å². The Kier molecular flexibility index (Phi) is 9.76. The average Bonchev–Trinajstić information content (AvgIpc) is 4.00. The van der Waals surface area contributed by atoms with Gasteiger partial charge in [0, 0.05) is 0 Å². The second-order valence-corrected chi connectivity index (χ2v) is 18.3. The van der Waals surface area contributed by atoms with Crippen LogP contribution < -0.4 is 0 Å². The molecule has 0 amide bonds. The van der Waals surface area contributed by atoms with Crippen molar-refractivity contribution in [3.8, 4) is 44.5 Å². The van der Waals surface area contributed by atoms with E-state index in [4.69, 9.17) is 0 Å². The second-order valence-electron chi connectivity index (χ2n) is 18.3. The van der Waals surface area contributed by atoms with Crippen LogP contribution in [0, 0.1) is 0 Å². The van der Waals surface area contributed by atoms with E-state index in [1.807, 2.05) is 0 Å². The van der Waals surface area contributed by atoms with E-state index >= 15 is 0 Å². The van der Waals surface area contributed by atoms with Crippen LogP contribution in [-0.4, -0.2) is 0 Å². The molecule has 0 radical (unpaired) electrons. The molecule has 11 aromatic carbocycles. The first kappa shape index (κ1) is 39.8. The summed E-state index contributed by atoms with van der Waals surface area (Å²) in [4.78, 5) is 0. The normalized spacial score (nSPS) is 13.1. The summed E-state index contributed by atoms with van der Waals surface area (Å²) in [5, 5.41) is 5.01. The summed E-state index contributed by atoms with van der Waals surface area (Å²) < 4.78 is 0. The van der Waals surface area contributed by atoms with E-state index in [2.05, 4.69) is 255 Å². The maximum Gasteiger partial charge on any atom is -0.000727 e. The van der Waals surface area contributed by atoms with Gasteiger partial charge in [-0.05, 0) is 182 Å². The lowest BCUT2D eigenvalue weighted by molar-refractivity contribution is 1.32. The van der Waals surface area contributed by atoms with Crippen LogP contribution in [0.4, 0.5) is 0 Å². The van der Waals surface area contributed by atoms with E-state index in [1.54, 1.807) is 0 Å². The maximum absolute atomic E-state index is 2.42. The predicted molar refractivity (Wildman–Crippen MR) is 288 cm³/mol. The van der Waals surface area contributed by atoms with Crippen molar-refractivity contribution < 1.29 is 0 Å². The third-order valence-corrected chi connectivity index (χ3v) is 14.4. The highest BCUT2D eigenvalue weighted by molar-refractivity contribution is 6.11. The summed E-state index contributed by atoms with van der Waals surface area (Å²) in [5.41, 5.74) is 25.8. The van der Waals surface area contributed by atoms with Gasteiger partial charge in [-0.2, -0.15) is 0 Å². The Bertz CT molecular complexity index is 3540. The molecule has 13 rings (SSSR count). The van der Waals surface area contributed by atoms with Crippen LogP contribution >= 0.6 is 0 Å². The Morgan fingerprint density at radius 3 is 0.971 bits per heavy atom. The van der Waals surface area contributed by atoms with Crippen LogP contribution in [0.3, 0.4) is 0 Å². The van der Waals surface area contributed by atoms with Crippen molar-refractivity contribution >= 4 is 43.8 Å². The van der Waals surface area contributed by atoms with Crippen molar-refractivity contribution in [1.82, 2.24) is 0 Å². The van der Waals surface area contributed by atoms with E-state index in [0.717, 1.165) is 12.8 Å². The van der Waals surface area contributed by atoms with Crippen molar-refractivity contribution in [2.45, 2.75) is 12.8 Å². The molecule has 0 fully saturated rings. The molecule has 2 aliphatic carbocycles. The average molecular weight is 863 g/mol. The molecule has 0 aliphatic heterocycles. The molecule has 318 valence electrons. The van der Waals surface area contributed by atoms with Gasteiger partial charge in [-0.3, -0.25) is 0 Å². The standard InChI is InChI=1S/C68H46/c1-5-17-45(18-6-1)49-33-35-57-43-65(67(63(57)39-49)47-21-9-3-10-22-47)53-27-13-25-51(37-53)59-31-15-29-55-42-62-56(41-61(55)59)30-16-32-60(62)52-26-14-28-54(38-52)66-44-58-36-34-50(46-19-7-2-8-20-46)40-64(58)68(66)48-23-11-4-12-24-48/h1-42H,43-44H2. The monoisotopic (exact) mass is 862 g/mol. The zero-order valence-electron chi connectivity index (χ0n) is 37.7. The Morgan fingerprint density at radius 2 is 0.559 bits per heavy atom. The van der Waals surface area contributed by atoms with E-state index in [1.165, 1.54) is 133 Å². The minimum absolute atomic E-state index is 0.898. The zero-order valence-corrected chi connectivity index (χ0v) is 37.7. The molecule has 0 saturated heterocycles. The minimum atomic E-state index is 0.898. The summed E-state index contributed by atoms with van der Waals surface area (Å²) in [7, 11) is 0. The molecular formula is C68H46. The lowest BCUT2D eigenvalue weighted by atomic mass is 9.89. The summed E-state index contributed by atoms with van der Waals surface area (Å²) >= 11 is 0. The predicted octanol–water partition coefficient (Wildman–Crippen LogP) is 17.7. The fourth-order valence-electron chi connectivity index (χ4n) is 11.1. The van der Waals surface area contributed by atoms with Gasteiger partial charge in [0.15, 0.2) is 0 Å². The molecule has 0 heteroatoms. The van der Waals surface area contributed by atoms with Crippen LogP contribution in [0.1, 0.15) is 44.5 Å². The SMILES string of the molecule is c1ccc(C2=C(c3cccc(-c4cccc5cc6c(-c7cccc(C8=C(c9ccccc9)c9cc(-c%10ccccc%10)ccc9C8)c7)cccc6cc45)c3)Cc3ccc(-c4ccccc4)cc32)cc1. The molecule has 0 bridgehead atoms. The topological polar surface area (TPSA) is 0 Å². The molecular weight excluding hydrogens is 817 g/mol. The molecule has 0 heterocycles. The largest absolute Gasteiger partial charge is 0.0622 e. The van der Waals surface area contributed by atoms with Gasteiger partial charge >= 0.3 is 0 Å². The number of benzene rings is 11. The van der Waals surface area contributed by atoms with Gasteiger partial charge < -0.3 is 0 Å². The van der Waals surface area contributed by atoms with Gasteiger partial charge in [-0.15, -0.1) is 0 Å². The highest BCUT2D eigenvalue weighted by atomic mass is 14.3. The molecule has 2 aliphatic rings. The van der Waals surface area contributed by atoms with Crippen LogP contribution in [-0.2, 0) is 12.8 Å². The molecule has 0 nitrogen and oxygen atoms in total. The van der Waals surface area contributed by atoms with Crippen LogP contribution in [0.25, 0.3) is 88.3 Å². The fourth-order valence-corrected chi connectivity index (χ4v) is 11.1. The Balaban J connectivity index is 0.890. The molecule has 0 aromatic heterocycles. The van der Waals surface area contributed by atoms with Crippen LogP contribution in [0.15, 0.2) is 255 Å². The Morgan fingerprint density at radius 1 is 0.206 bits per heavy atom. The molecule has 0 spiro atoms. The van der Waals surface area contributed by atoms with E-state index in [-0.39, 0.29) is 0 Å². The van der Waals surface area contributed by atoms with E-state index < -0.39 is 0 Å². The summed E-state index contributed by atoms with van der Waals surface area (Å²) in [5.74, 6) is 0. The number of rotatable bonds is 8. The first-order valence-corrected chi connectivity index (χ1v) is 23.8. The van der Waals surface area contributed by atoms with Gasteiger partial charge in [0.05, 0.1) is 0 Å². The Labute approximate surface area is 398 Å². The van der Waals surface area contributed by atoms with Crippen molar-refractivity contribution in [3.63, 3.8) is 0 Å². The van der Waals surface area contributed by atoms with Gasteiger partial charge in [0.1, 0.15) is 0 Å². The highest BCUT2D eigenvalue weighted by Gasteiger charge is 2.27. The number of allylic oxidation sites excluding steroid dienone is 2.